The molecule has 2 atom stereocenters. The van der Waals surface area contributed by atoms with Crippen LogP contribution in [0.15, 0.2) is 0 Å². The fourth-order valence-electron chi connectivity index (χ4n) is 2.46. The number of rotatable bonds is 0. The van der Waals surface area contributed by atoms with Crippen molar-refractivity contribution in [2.75, 3.05) is 0 Å². The van der Waals surface area contributed by atoms with Crippen molar-refractivity contribution in [3.8, 4) is 0 Å². The van der Waals surface area contributed by atoms with Gasteiger partial charge in [-0.1, -0.05) is 20.8 Å². The van der Waals surface area contributed by atoms with Crippen LogP contribution in [0.2, 0.25) is 0 Å². The van der Waals surface area contributed by atoms with Gasteiger partial charge in [0, 0.05) is 0 Å². The minimum atomic E-state index is -0.905. The first-order chi connectivity index (χ1) is 4.84. The molecule has 1 aliphatic carbocycles. The highest BCUT2D eigenvalue weighted by Crippen LogP contribution is 2.47. The van der Waals surface area contributed by atoms with Crippen molar-refractivity contribution in [3.63, 3.8) is 0 Å². The Kier molecular flexibility index (Phi) is 2.02. The van der Waals surface area contributed by atoms with Crippen molar-refractivity contribution < 1.29 is 4.39 Å². The first-order valence-electron chi connectivity index (χ1n) is 4.53. The van der Waals surface area contributed by atoms with E-state index in [0.717, 1.165) is 19.3 Å². The van der Waals surface area contributed by atoms with Gasteiger partial charge in [0.1, 0.15) is 5.67 Å². The third-order valence-electron chi connectivity index (χ3n) is 2.93. The second kappa shape index (κ2) is 2.46. The molecular formula is C10H19F. The quantitative estimate of drug-likeness (QED) is 0.505. The summed E-state index contributed by atoms with van der Waals surface area (Å²) in [5.74, 6) is 0.259. The number of alkyl halides is 1. The Morgan fingerprint density at radius 3 is 2.09 bits per heavy atom. The Labute approximate surface area is 69.2 Å². The van der Waals surface area contributed by atoms with E-state index in [-0.39, 0.29) is 11.3 Å². The molecule has 1 saturated carbocycles. The Hall–Kier alpha value is -0.0700. The standard InChI is InChI=1S/C10H19F/c1-9(2,3)8-6-5-7-10(8,4)11/h8H,5-7H2,1-4H3. The Balaban J connectivity index is 2.73. The maximum atomic E-state index is 13.8. The lowest BCUT2D eigenvalue weighted by atomic mass is 9.74. The molecule has 1 rings (SSSR count). The maximum absolute atomic E-state index is 13.8. The maximum Gasteiger partial charge on any atom is 0.111 e. The Morgan fingerprint density at radius 2 is 1.91 bits per heavy atom. The van der Waals surface area contributed by atoms with Crippen LogP contribution in [0.4, 0.5) is 4.39 Å². The van der Waals surface area contributed by atoms with Crippen molar-refractivity contribution in [2.24, 2.45) is 11.3 Å². The molecule has 1 fully saturated rings. The summed E-state index contributed by atoms with van der Waals surface area (Å²) < 4.78 is 13.8. The van der Waals surface area contributed by atoms with Crippen LogP contribution in [0, 0.1) is 11.3 Å². The van der Waals surface area contributed by atoms with E-state index in [1.807, 2.05) is 0 Å². The summed E-state index contributed by atoms with van der Waals surface area (Å²) in [6, 6.07) is 0. The normalized spacial score (nSPS) is 39.5. The monoisotopic (exact) mass is 158 g/mol. The van der Waals surface area contributed by atoms with Gasteiger partial charge in [-0.15, -0.1) is 0 Å². The predicted octanol–water partition coefficient (Wildman–Crippen LogP) is 3.56. The van der Waals surface area contributed by atoms with Crippen molar-refractivity contribution >= 4 is 0 Å². The minimum absolute atomic E-state index is 0.139. The van der Waals surface area contributed by atoms with Crippen LogP contribution in [0.3, 0.4) is 0 Å². The lowest BCUT2D eigenvalue weighted by Crippen LogP contribution is -2.33. The minimum Gasteiger partial charge on any atom is -0.244 e. The van der Waals surface area contributed by atoms with Gasteiger partial charge in [0.05, 0.1) is 0 Å². The molecular weight excluding hydrogens is 139 g/mol. The molecule has 0 aromatic rings. The molecule has 0 radical (unpaired) electrons. The molecule has 1 aliphatic rings. The average molecular weight is 158 g/mol. The predicted molar refractivity (Wildman–Crippen MR) is 46.3 cm³/mol. The van der Waals surface area contributed by atoms with E-state index in [4.69, 9.17) is 0 Å². The summed E-state index contributed by atoms with van der Waals surface area (Å²) in [5, 5.41) is 0. The van der Waals surface area contributed by atoms with Crippen LogP contribution in [0.25, 0.3) is 0 Å². The fourth-order valence-corrected chi connectivity index (χ4v) is 2.46. The summed E-state index contributed by atoms with van der Waals surface area (Å²) in [6.07, 6.45) is 2.89. The van der Waals surface area contributed by atoms with Crippen molar-refractivity contribution in [2.45, 2.75) is 52.6 Å². The smallest absolute Gasteiger partial charge is 0.111 e. The van der Waals surface area contributed by atoms with Crippen LogP contribution in [0.1, 0.15) is 47.0 Å². The van der Waals surface area contributed by atoms with E-state index in [9.17, 15) is 4.39 Å². The van der Waals surface area contributed by atoms with E-state index in [1.54, 1.807) is 6.92 Å². The molecule has 0 amide bonds. The highest BCUT2D eigenvalue weighted by atomic mass is 19.1. The SMILES string of the molecule is CC(C)(C)C1CCCC1(C)F. The fraction of sp³-hybridized carbons (Fsp3) is 1.00. The van der Waals surface area contributed by atoms with Crippen molar-refractivity contribution in [1.82, 2.24) is 0 Å². The van der Waals surface area contributed by atoms with Crippen LogP contribution in [-0.2, 0) is 0 Å². The van der Waals surface area contributed by atoms with Gasteiger partial charge in [0.2, 0.25) is 0 Å². The molecule has 0 aromatic carbocycles. The van der Waals surface area contributed by atoms with E-state index in [0.29, 0.717) is 0 Å². The molecule has 0 heterocycles. The lowest BCUT2D eigenvalue weighted by Gasteiger charge is -2.34. The number of hydrogen-bond donors (Lipinski definition) is 0. The van der Waals surface area contributed by atoms with Crippen molar-refractivity contribution in [3.05, 3.63) is 0 Å². The average Bonchev–Trinajstić information content (AvgIpc) is 2.06. The molecule has 66 valence electrons. The van der Waals surface area contributed by atoms with Gasteiger partial charge in [0.25, 0.3) is 0 Å². The molecule has 0 aromatic heterocycles. The third-order valence-corrected chi connectivity index (χ3v) is 2.93. The van der Waals surface area contributed by atoms with Crippen LogP contribution in [0.5, 0.6) is 0 Å². The number of hydrogen-bond acceptors (Lipinski definition) is 0. The summed E-state index contributed by atoms with van der Waals surface area (Å²) in [7, 11) is 0. The highest BCUT2D eigenvalue weighted by Gasteiger charge is 2.44. The van der Waals surface area contributed by atoms with Gasteiger partial charge >= 0.3 is 0 Å². The summed E-state index contributed by atoms with van der Waals surface area (Å²) in [5.41, 5.74) is -0.766. The largest absolute Gasteiger partial charge is 0.244 e. The lowest BCUT2D eigenvalue weighted by molar-refractivity contribution is 0.0569. The molecule has 0 saturated heterocycles. The second-order valence-electron chi connectivity index (χ2n) is 5.09. The van der Waals surface area contributed by atoms with Crippen LogP contribution >= 0.6 is 0 Å². The Bertz CT molecular complexity index is 141. The van der Waals surface area contributed by atoms with Crippen LogP contribution in [-0.4, -0.2) is 5.67 Å². The Morgan fingerprint density at radius 1 is 1.36 bits per heavy atom. The molecule has 0 N–H and O–H groups in total. The molecule has 0 nitrogen and oxygen atoms in total. The molecule has 2 unspecified atom stereocenters. The number of halogens is 1. The van der Waals surface area contributed by atoms with E-state index < -0.39 is 5.67 Å². The highest BCUT2D eigenvalue weighted by molar-refractivity contribution is 4.94. The van der Waals surface area contributed by atoms with Gasteiger partial charge < -0.3 is 0 Å². The molecule has 0 spiro atoms. The third kappa shape index (κ3) is 1.74. The first kappa shape index (κ1) is 9.02. The van der Waals surface area contributed by atoms with Gasteiger partial charge in [-0.3, -0.25) is 0 Å². The molecule has 0 aliphatic heterocycles. The van der Waals surface area contributed by atoms with Crippen LogP contribution < -0.4 is 0 Å². The van der Waals surface area contributed by atoms with Gasteiger partial charge in [0.15, 0.2) is 0 Å². The summed E-state index contributed by atoms with van der Waals surface area (Å²) in [4.78, 5) is 0. The van der Waals surface area contributed by atoms with E-state index in [2.05, 4.69) is 20.8 Å². The zero-order chi connectivity index (χ0) is 8.70. The van der Waals surface area contributed by atoms with Gasteiger partial charge in [-0.05, 0) is 37.5 Å². The van der Waals surface area contributed by atoms with E-state index in [1.165, 1.54) is 0 Å². The topological polar surface area (TPSA) is 0 Å². The van der Waals surface area contributed by atoms with Gasteiger partial charge in [-0.25, -0.2) is 4.39 Å². The first-order valence-corrected chi connectivity index (χ1v) is 4.53. The van der Waals surface area contributed by atoms with E-state index >= 15 is 0 Å². The zero-order valence-corrected chi connectivity index (χ0v) is 8.08. The molecule has 1 heteroatoms. The van der Waals surface area contributed by atoms with Gasteiger partial charge in [-0.2, -0.15) is 0 Å². The van der Waals surface area contributed by atoms with Crippen molar-refractivity contribution in [1.29, 1.82) is 0 Å². The summed E-state index contributed by atoms with van der Waals surface area (Å²) >= 11 is 0. The summed E-state index contributed by atoms with van der Waals surface area (Å²) in [6.45, 7) is 8.18. The zero-order valence-electron chi connectivity index (χ0n) is 8.08. The molecule has 0 bridgehead atoms. The molecule has 11 heavy (non-hydrogen) atoms. The second-order valence-corrected chi connectivity index (χ2v) is 5.09.